The highest BCUT2D eigenvalue weighted by Gasteiger charge is 2.50. The number of para-hydroxylation sites is 1. The van der Waals surface area contributed by atoms with Crippen LogP contribution in [0.15, 0.2) is 62.8 Å². The number of carboxylic acid groups (broad SMARTS) is 1. The molecule has 3 aromatic rings. The van der Waals surface area contributed by atoms with Crippen LogP contribution in [0, 0.1) is 0 Å². The van der Waals surface area contributed by atoms with E-state index < -0.39 is 29.2 Å². The second-order valence-corrected chi connectivity index (χ2v) is 9.70. The molecule has 2 aromatic carbocycles. The van der Waals surface area contributed by atoms with E-state index >= 15 is 0 Å². The fourth-order valence-corrected chi connectivity index (χ4v) is 6.77. The SMILES string of the molecule is O=C1O[C@H]2[C@@H](c3cc(Br)ccc31)c1sc(=O)n(-c3ccccc3)c1S[C@@H]2C(=O)O. The lowest BCUT2D eigenvalue weighted by atomic mass is 9.84. The highest BCUT2D eigenvalue weighted by atomic mass is 79.9. The average molecular weight is 490 g/mol. The van der Waals surface area contributed by atoms with Crippen molar-refractivity contribution in [3.63, 3.8) is 0 Å². The monoisotopic (exact) mass is 489 g/mol. The van der Waals surface area contributed by atoms with Crippen LogP contribution in [0.3, 0.4) is 0 Å². The topological polar surface area (TPSA) is 85.6 Å². The number of fused-ring (bicyclic) bond motifs is 5. The molecule has 9 heteroatoms. The first-order valence-corrected chi connectivity index (χ1v) is 11.2. The summed E-state index contributed by atoms with van der Waals surface area (Å²) < 4.78 is 7.90. The summed E-state index contributed by atoms with van der Waals surface area (Å²) in [7, 11) is 0. The zero-order valence-corrected chi connectivity index (χ0v) is 17.8. The normalized spacial score (nSPS) is 22.2. The van der Waals surface area contributed by atoms with Crippen molar-refractivity contribution in [3.8, 4) is 5.69 Å². The van der Waals surface area contributed by atoms with Gasteiger partial charge >= 0.3 is 16.8 Å². The second kappa shape index (κ2) is 6.86. The van der Waals surface area contributed by atoms with Gasteiger partial charge in [0.1, 0.15) is 11.4 Å². The van der Waals surface area contributed by atoms with Crippen LogP contribution in [0.5, 0.6) is 0 Å². The molecule has 29 heavy (non-hydrogen) atoms. The van der Waals surface area contributed by atoms with Crippen LogP contribution in [0.1, 0.15) is 26.7 Å². The zero-order chi connectivity index (χ0) is 20.3. The number of carboxylic acids is 1. The van der Waals surface area contributed by atoms with E-state index in [1.54, 1.807) is 16.7 Å². The Balaban J connectivity index is 1.79. The Hall–Kier alpha value is -2.36. The minimum Gasteiger partial charge on any atom is -0.480 e. The summed E-state index contributed by atoms with van der Waals surface area (Å²) in [6.07, 6.45) is -0.887. The first-order chi connectivity index (χ1) is 14.0. The third-order valence-corrected chi connectivity index (χ3v) is 8.01. The number of esters is 1. The van der Waals surface area contributed by atoms with E-state index in [0.29, 0.717) is 21.8 Å². The number of carbonyl (C=O) groups excluding carboxylic acids is 1. The van der Waals surface area contributed by atoms with Gasteiger partial charge in [-0.2, -0.15) is 0 Å². The maximum absolute atomic E-state index is 12.9. The van der Waals surface area contributed by atoms with Gasteiger partial charge in [-0.3, -0.25) is 14.2 Å². The Morgan fingerprint density at radius 2 is 1.90 bits per heavy atom. The maximum atomic E-state index is 12.9. The Bertz CT molecular complexity index is 1220. The summed E-state index contributed by atoms with van der Waals surface area (Å²) in [5, 5.41) is 9.42. The standard InChI is InChI=1S/C20H12BrNO5S2/c21-9-6-7-11-12(8-9)13-14(27-19(11)25)16(18(23)24)28-17-15(13)29-20(26)22(17)10-4-2-1-3-5-10/h1-8,13-14,16H,(H,23,24)/t13-,14+,16+/m1/s1. The molecule has 0 aliphatic carbocycles. The van der Waals surface area contributed by atoms with Gasteiger partial charge in [-0.25, -0.2) is 4.79 Å². The van der Waals surface area contributed by atoms with Crippen LogP contribution in [-0.2, 0) is 9.53 Å². The molecule has 2 aliphatic heterocycles. The fraction of sp³-hybridized carbons (Fsp3) is 0.150. The average Bonchev–Trinajstić information content (AvgIpc) is 3.03. The van der Waals surface area contributed by atoms with Crippen molar-refractivity contribution in [1.29, 1.82) is 0 Å². The summed E-state index contributed by atoms with van der Waals surface area (Å²) in [6, 6.07) is 14.3. The van der Waals surface area contributed by atoms with E-state index in [4.69, 9.17) is 4.74 Å². The minimum atomic E-state index is -1.08. The van der Waals surface area contributed by atoms with Crippen molar-refractivity contribution in [2.75, 3.05) is 0 Å². The molecule has 0 saturated carbocycles. The van der Waals surface area contributed by atoms with Crippen LogP contribution < -0.4 is 4.87 Å². The van der Waals surface area contributed by atoms with Crippen molar-refractivity contribution >= 4 is 51.0 Å². The summed E-state index contributed by atoms with van der Waals surface area (Å²) in [4.78, 5) is 38.0. The fourth-order valence-electron chi connectivity index (χ4n) is 3.80. The smallest absolute Gasteiger partial charge is 0.338 e. The summed E-state index contributed by atoms with van der Waals surface area (Å²) in [5.74, 6) is -2.14. The number of carbonyl (C=O) groups is 2. The van der Waals surface area contributed by atoms with Gasteiger partial charge in [0.2, 0.25) is 0 Å². The lowest BCUT2D eigenvalue weighted by molar-refractivity contribution is -0.138. The van der Waals surface area contributed by atoms with E-state index in [1.807, 2.05) is 36.4 Å². The number of aromatic nitrogens is 1. The molecule has 0 unspecified atom stereocenters. The number of halogens is 1. The van der Waals surface area contributed by atoms with E-state index in [1.165, 1.54) is 0 Å². The maximum Gasteiger partial charge on any atom is 0.338 e. The van der Waals surface area contributed by atoms with Crippen LogP contribution in [0.4, 0.5) is 0 Å². The van der Waals surface area contributed by atoms with E-state index in [-0.39, 0.29) is 4.87 Å². The molecule has 1 N–H and O–H groups in total. The molecule has 0 spiro atoms. The lowest BCUT2D eigenvalue weighted by Crippen LogP contribution is -2.45. The Morgan fingerprint density at radius 3 is 2.62 bits per heavy atom. The number of thioether (sulfide) groups is 1. The van der Waals surface area contributed by atoms with Crippen molar-refractivity contribution in [3.05, 3.63) is 78.7 Å². The molecular formula is C20H12BrNO5S2. The van der Waals surface area contributed by atoms with Crippen molar-refractivity contribution in [2.24, 2.45) is 0 Å². The minimum absolute atomic E-state index is 0.202. The van der Waals surface area contributed by atoms with Gasteiger partial charge in [-0.15, -0.1) is 0 Å². The number of aliphatic carboxylic acids is 1. The van der Waals surface area contributed by atoms with Crippen molar-refractivity contribution < 1.29 is 19.4 Å². The molecule has 3 atom stereocenters. The molecular weight excluding hydrogens is 478 g/mol. The number of thiazole rings is 1. The van der Waals surface area contributed by atoms with E-state index in [9.17, 15) is 19.5 Å². The van der Waals surface area contributed by atoms with E-state index in [0.717, 1.165) is 32.4 Å². The Morgan fingerprint density at radius 1 is 1.14 bits per heavy atom. The van der Waals surface area contributed by atoms with Gasteiger partial charge in [0.05, 0.1) is 27.1 Å². The van der Waals surface area contributed by atoms with Gasteiger partial charge in [-0.1, -0.05) is 57.2 Å². The predicted octanol–water partition coefficient (Wildman–Crippen LogP) is 3.89. The molecule has 3 heterocycles. The predicted molar refractivity (Wildman–Crippen MR) is 112 cm³/mol. The van der Waals surface area contributed by atoms with Crippen LogP contribution in [0.2, 0.25) is 0 Å². The van der Waals surface area contributed by atoms with Gasteiger partial charge in [-0.05, 0) is 35.9 Å². The molecule has 0 radical (unpaired) electrons. The first-order valence-electron chi connectivity index (χ1n) is 8.67. The molecule has 146 valence electrons. The van der Waals surface area contributed by atoms with Crippen LogP contribution in [-0.4, -0.2) is 33.0 Å². The van der Waals surface area contributed by atoms with Crippen LogP contribution in [0.25, 0.3) is 5.69 Å². The van der Waals surface area contributed by atoms with Crippen LogP contribution >= 0.6 is 39.0 Å². The number of rotatable bonds is 2. The number of nitrogens with zero attached hydrogens (tertiary/aromatic N) is 1. The second-order valence-electron chi connectivity index (χ2n) is 6.66. The molecule has 6 nitrogen and oxygen atoms in total. The van der Waals surface area contributed by atoms with Crippen molar-refractivity contribution in [2.45, 2.75) is 22.3 Å². The lowest BCUT2D eigenvalue weighted by Gasteiger charge is -2.39. The molecule has 2 aliphatic rings. The third kappa shape index (κ3) is 2.87. The zero-order valence-electron chi connectivity index (χ0n) is 14.6. The van der Waals surface area contributed by atoms with E-state index in [2.05, 4.69) is 15.9 Å². The van der Waals surface area contributed by atoms with Gasteiger partial charge in [0.15, 0.2) is 0 Å². The largest absolute Gasteiger partial charge is 0.480 e. The number of benzene rings is 2. The number of ether oxygens (including phenoxy) is 1. The highest BCUT2D eigenvalue weighted by Crippen LogP contribution is 2.51. The van der Waals surface area contributed by atoms with Gasteiger partial charge in [0, 0.05) is 4.47 Å². The molecule has 5 rings (SSSR count). The Kier molecular flexibility index (Phi) is 4.41. The summed E-state index contributed by atoms with van der Waals surface area (Å²) in [5.41, 5.74) is 1.74. The molecule has 0 bridgehead atoms. The summed E-state index contributed by atoms with van der Waals surface area (Å²) >= 11 is 5.56. The van der Waals surface area contributed by atoms with Gasteiger partial charge < -0.3 is 9.84 Å². The van der Waals surface area contributed by atoms with Gasteiger partial charge in [0.25, 0.3) is 0 Å². The molecule has 0 amide bonds. The number of hydrogen-bond acceptors (Lipinski definition) is 6. The first kappa shape index (κ1) is 18.7. The summed E-state index contributed by atoms with van der Waals surface area (Å²) in [6.45, 7) is 0. The number of hydrogen-bond donors (Lipinski definition) is 1. The van der Waals surface area contributed by atoms with Crippen molar-refractivity contribution in [1.82, 2.24) is 4.57 Å². The quantitative estimate of drug-likeness (QED) is 0.549. The molecule has 1 aromatic heterocycles. The molecule has 0 fully saturated rings. The third-order valence-electron chi connectivity index (χ3n) is 5.01. The highest BCUT2D eigenvalue weighted by molar-refractivity contribution is 9.10. The molecule has 0 saturated heterocycles. The Labute approximate surface area is 181 Å².